The van der Waals surface area contributed by atoms with Crippen LogP contribution in [0.25, 0.3) is 0 Å². The van der Waals surface area contributed by atoms with Gasteiger partial charge in [-0.1, -0.05) is 24.3 Å². The van der Waals surface area contributed by atoms with Crippen LogP contribution in [0, 0.1) is 0 Å². The minimum absolute atomic E-state index is 0.106. The lowest BCUT2D eigenvalue weighted by atomic mass is 10.1. The Kier molecular flexibility index (Phi) is 6.62. The molecule has 2 nitrogen and oxygen atoms in total. The molecule has 0 saturated heterocycles. The summed E-state index contributed by atoms with van der Waals surface area (Å²) in [6, 6.07) is 0. The van der Waals surface area contributed by atoms with Gasteiger partial charge in [0.25, 0.3) is 0 Å². The van der Waals surface area contributed by atoms with Crippen molar-refractivity contribution in [2.24, 2.45) is 0 Å². The predicted molar refractivity (Wildman–Crippen MR) is 66.2 cm³/mol. The number of hydrogen-bond donors (Lipinski definition) is 0. The van der Waals surface area contributed by atoms with Crippen molar-refractivity contribution in [3.63, 3.8) is 0 Å². The maximum atomic E-state index is 10.9. The first-order valence-corrected chi connectivity index (χ1v) is 6.26. The lowest BCUT2D eigenvalue weighted by Gasteiger charge is -2.15. The average Bonchev–Trinajstić information content (AvgIpc) is 2.21. The zero-order valence-corrected chi connectivity index (χ0v) is 10.2. The molecule has 0 heterocycles. The standard InChI is InChI=1S/C14H22O2/c1-13(15)16-14-11-9-7-5-3-2-4-6-8-10-12-14/h3,5-6,8,14H,2,4,7,9-12H2,1H3/b5-3-,8-6-. The van der Waals surface area contributed by atoms with Crippen LogP contribution in [0.15, 0.2) is 24.3 Å². The molecule has 90 valence electrons. The van der Waals surface area contributed by atoms with Crippen LogP contribution in [0.2, 0.25) is 0 Å². The van der Waals surface area contributed by atoms with E-state index in [1.807, 2.05) is 0 Å². The molecular weight excluding hydrogens is 200 g/mol. The van der Waals surface area contributed by atoms with Crippen LogP contribution in [-0.2, 0) is 9.53 Å². The van der Waals surface area contributed by atoms with Gasteiger partial charge in [-0.05, 0) is 44.9 Å². The third kappa shape index (κ3) is 6.44. The average molecular weight is 222 g/mol. The molecule has 0 aliphatic heterocycles. The summed E-state index contributed by atoms with van der Waals surface area (Å²) in [5.41, 5.74) is 0. The van der Waals surface area contributed by atoms with Gasteiger partial charge in [-0.15, -0.1) is 0 Å². The maximum Gasteiger partial charge on any atom is 0.302 e. The summed E-state index contributed by atoms with van der Waals surface area (Å²) in [5.74, 6) is -0.156. The van der Waals surface area contributed by atoms with Gasteiger partial charge in [-0.25, -0.2) is 0 Å². The number of esters is 1. The van der Waals surface area contributed by atoms with Crippen molar-refractivity contribution in [3.05, 3.63) is 24.3 Å². The molecule has 2 heteroatoms. The Hall–Kier alpha value is -1.05. The van der Waals surface area contributed by atoms with E-state index in [0.29, 0.717) is 0 Å². The quantitative estimate of drug-likeness (QED) is 0.498. The number of carbonyl (C=O) groups excluding carboxylic acids is 1. The van der Waals surface area contributed by atoms with Crippen molar-refractivity contribution < 1.29 is 9.53 Å². The van der Waals surface area contributed by atoms with E-state index >= 15 is 0 Å². The van der Waals surface area contributed by atoms with Gasteiger partial charge < -0.3 is 4.74 Å². The van der Waals surface area contributed by atoms with E-state index in [9.17, 15) is 4.79 Å². The first kappa shape index (κ1) is 13.0. The molecular formula is C14H22O2. The highest BCUT2D eigenvalue weighted by Crippen LogP contribution is 2.13. The fourth-order valence-corrected chi connectivity index (χ4v) is 1.91. The normalized spacial score (nSPS) is 27.2. The molecule has 1 aliphatic carbocycles. The van der Waals surface area contributed by atoms with Crippen LogP contribution in [0.5, 0.6) is 0 Å². The smallest absolute Gasteiger partial charge is 0.302 e. The Morgan fingerprint density at radius 3 is 2.31 bits per heavy atom. The highest BCUT2D eigenvalue weighted by Gasteiger charge is 2.10. The minimum atomic E-state index is -0.156. The monoisotopic (exact) mass is 222 g/mol. The van der Waals surface area contributed by atoms with Gasteiger partial charge >= 0.3 is 5.97 Å². The van der Waals surface area contributed by atoms with Gasteiger partial charge in [0, 0.05) is 6.92 Å². The van der Waals surface area contributed by atoms with Gasteiger partial charge in [-0.3, -0.25) is 4.79 Å². The Morgan fingerprint density at radius 2 is 1.62 bits per heavy atom. The third-order valence-electron chi connectivity index (χ3n) is 2.72. The maximum absolute atomic E-state index is 10.9. The molecule has 1 aliphatic rings. The molecule has 16 heavy (non-hydrogen) atoms. The minimum Gasteiger partial charge on any atom is -0.463 e. The van der Waals surface area contributed by atoms with Crippen molar-refractivity contribution in [2.75, 3.05) is 0 Å². The Labute approximate surface area is 98.4 Å². The molecule has 1 atom stereocenters. The summed E-state index contributed by atoms with van der Waals surface area (Å²) in [4.78, 5) is 10.9. The SMILES string of the molecule is CC(=O)OC1CC/C=C\CC/C=C\CCC1. The van der Waals surface area contributed by atoms with Gasteiger partial charge in [0.1, 0.15) is 6.10 Å². The molecule has 0 N–H and O–H groups in total. The van der Waals surface area contributed by atoms with Gasteiger partial charge in [-0.2, -0.15) is 0 Å². The second-order valence-electron chi connectivity index (χ2n) is 4.26. The molecule has 1 unspecified atom stereocenters. The van der Waals surface area contributed by atoms with E-state index in [4.69, 9.17) is 4.74 Å². The van der Waals surface area contributed by atoms with Gasteiger partial charge in [0.2, 0.25) is 0 Å². The summed E-state index contributed by atoms with van der Waals surface area (Å²) >= 11 is 0. The second kappa shape index (κ2) is 8.14. The molecule has 0 spiro atoms. The number of rotatable bonds is 1. The van der Waals surface area contributed by atoms with Crippen molar-refractivity contribution in [1.82, 2.24) is 0 Å². The number of carbonyl (C=O) groups is 1. The van der Waals surface area contributed by atoms with E-state index < -0.39 is 0 Å². The molecule has 0 bridgehead atoms. The highest BCUT2D eigenvalue weighted by atomic mass is 16.5. The summed E-state index contributed by atoms with van der Waals surface area (Å²) in [6.07, 6.45) is 16.4. The zero-order valence-electron chi connectivity index (χ0n) is 10.2. The van der Waals surface area contributed by atoms with E-state index in [1.165, 1.54) is 6.92 Å². The molecule has 0 aromatic carbocycles. The number of allylic oxidation sites excluding steroid dienone is 4. The van der Waals surface area contributed by atoms with Gasteiger partial charge in [0.15, 0.2) is 0 Å². The first-order valence-electron chi connectivity index (χ1n) is 6.26. The summed E-state index contributed by atoms with van der Waals surface area (Å²) in [7, 11) is 0. The van der Waals surface area contributed by atoms with Crippen molar-refractivity contribution in [1.29, 1.82) is 0 Å². The molecule has 1 rings (SSSR count). The fourth-order valence-electron chi connectivity index (χ4n) is 1.91. The van der Waals surface area contributed by atoms with E-state index in [0.717, 1.165) is 44.9 Å². The fraction of sp³-hybridized carbons (Fsp3) is 0.643. The Bertz CT molecular complexity index is 253. The second-order valence-corrected chi connectivity index (χ2v) is 4.26. The van der Waals surface area contributed by atoms with Crippen molar-refractivity contribution in [3.8, 4) is 0 Å². The van der Waals surface area contributed by atoms with E-state index in [1.54, 1.807) is 0 Å². The van der Waals surface area contributed by atoms with Crippen molar-refractivity contribution >= 4 is 5.97 Å². The lowest BCUT2D eigenvalue weighted by molar-refractivity contribution is -0.146. The molecule has 0 radical (unpaired) electrons. The molecule has 0 aromatic heterocycles. The van der Waals surface area contributed by atoms with Crippen LogP contribution in [-0.4, -0.2) is 12.1 Å². The number of hydrogen-bond acceptors (Lipinski definition) is 2. The van der Waals surface area contributed by atoms with Crippen LogP contribution in [0.4, 0.5) is 0 Å². The van der Waals surface area contributed by atoms with Crippen LogP contribution < -0.4 is 0 Å². The zero-order chi connectivity index (χ0) is 11.6. The molecule has 0 fully saturated rings. The first-order chi connectivity index (χ1) is 7.79. The summed E-state index contributed by atoms with van der Waals surface area (Å²) in [6.45, 7) is 1.49. The van der Waals surface area contributed by atoms with Gasteiger partial charge in [0.05, 0.1) is 0 Å². The molecule has 0 amide bonds. The molecule has 0 saturated carbocycles. The largest absolute Gasteiger partial charge is 0.463 e. The van der Waals surface area contributed by atoms with E-state index in [-0.39, 0.29) is 12.1 Å². The Morgan fingerprint density at radius 1 is 1.00 bits per heavy atom. The summed E-state index contributed by atoms with van der Waals surface area (Å²) in [5, 5.41) is 0. The predicted octanol–water partition coefficient (Wildman–Crippen LogP) is 3.77. The van der Waals surface area contributed by atoms with E-state index in [2.05, 4.69) is 24.3 Å². The molecule has 0 aromatic rings. The van der Waals surface area contributed by atoms with Crippen LogP contribution in [0.1, 0.15) is 51.9 Å². The third-order valence-corrected chi connectivity index (χ3v) is 2.72. The van der Waals surface area contributed by atoms with Crippen LogP contribution >= 0.6 is 0 Å². The Balaban J connectivity index is 2.40. The lowest BCUT2D eigenvalue weighted by Crippen LogP contribution is -2.16. The highest BCUT2D eigenvalue weighted by molar-refractivity contribution is 5.66. The topological polar surface area (TPSA) is 26.3 Å². The van der Waals surface area contributed by atoms with Crippen molar-refractivity contribution in [2.45, 2.75) is 58.0 Å². The number of ether oxygens (including phenoxy) is 1. The summed E-state index contributed by atoms with van der Waals surface area (Å²) < 4.78 is 5.30. The van der Waals surface area contributed by atoms with Crippen LogP contribution in [0.3, 0.4) is 0 Å².